The summed E-state index contributed by atoms with van der Waals surface area (Å²) < 4.78 is 23.8. The van der Waals surface area contributed by atoms with Gasteiger partial charge in [0.2, 0.25) is 11.8 Å². The van der Waals surface area contributed by atoms with Gasteiger partial charge in [0.1, 0.15) is 42.2 Å². The summed E-state index contributed by atoms with van der Waals surface area (Å²) in [4.78, 5) is 72.2. The van der Waals surface area contributed by atoms with Crippen LogP contribution in [0.25, 0.3) is 33.7 Å². The third-order valence-electron chi connectivity index (χ3n) is 12.7. The van der Waals surface area contributed by atoms with Gasteiger partial charge in [0.25, 0.3) is 0 Å². The molecular weight excluding hydrogens is 915 g/mol. The lowest BCUT2D eigenvalue weighted by Gasteiger charge is -2.32. The predicted molar refractivity (Wildman–Crippen MR) is 274 cm³/mol. The molecule has 1 aliphatic heterocycles. The van der Waals surface area contributed by atoms with E-state index in [1.165, 1.54) is 24.8 Å². The zero-order chi connectivity index (χ0) is 51.6. The SMILES string of the molecule is CCCCCCOc1ccc(-c2cc(-c3ccc(C(=O)C[C@@H](CCN)C(=O)N(C)[C@@H]4C(=O)C[C@@H](C)C(=O)N[C@H](C(=O)CCC#N)Cc5ccc(OCCN)c(c5)-c5cc4ccc5OCCN)cc3)no2)cc1. The number of likely N-dealkylation sites (N-methyl/N-ethyl adjacent to an activating group) is 1. The molecule has 0 aliphatic carbocycles. The summed E-state index contributed by atoms with van der Waals surface area (Å²) in [5.41, 5.74) is 22.5. The lowest BCUT2D eigenvalue weighted by atomic mass is 9.88. The number of carbonyl (C=O) groups is 5. The van der Waals surface area contributed by atoms with Crippen molar-refractivity contribution in [1.82, 2.24) is 15.4 Å². The van der Waals surface area contributed by atoms with E-state index >= 15 is 0 Å². The topological polar surface area (TPSA) is 256 Å². The highest BCUT2D eigenvalue weighted by atomic mass is 16.5. The molecule has 0 fully saturated rings. The molecule has 0 saturated carbocycles. The van der Waals surface area contributed by atoms with Gasteiger partial charge in [0, 0.05) is 91.5 Å². The van der Waals surface area contributed by atoms with Crippen molar-refractivity contribution in [1.29, 1.82) is 5.26 Å². The van der Waals surface area contributed by atoms with E-state index in [4.69, 9.17) is 35.9 Å². The highest BCUT2D eigenvalue weighted by Crippen LogP contribution is 2.41. The van der Waals surface area contributed by atoms with Gasteiger partial charge in [-0.2, -0.15) is 5.26 Å². The zero-order valence-electron chi connectivity index (χ0n) is 41.5. The molecule has 7 N–H and O–H groups in total. The third-order valence-corrected chi connectivity index (χ3v) is 12.7. The number of unbranched alkanes of at least 4 members (excludes halogenated alkanes) is 3. The Hall–Kier alpha value is -7.19. The lowest BCUT2D eigenvalue weighted by molar-refractivity contribution is -0.142. The van der Waals surface area contributed by atoms with Crippen LogP contribution in [0, 0.1) is 23.2 Å². The Kier molecular flexibility index (Phi) is 20.2. The molecule has 5 aromatic rings. The number of hydrogen-bond acceptors (Lipinski definition) is 14. The van der Waals surface area contributed by atoms with Crippen molar-refractivity contribution in [3.8, 4) is 57.0 Å². The van der Waals surface area contributed by atoms with Crippen LogP contribution in [-0.4, -0.2) is 91.8 Å². The van der Waals surface area contributed by atoms with Crippen molar-refractivity contribution in [2.75, 3.05) is 46.5 Å². The summed E-state index contributed by atoms with van der Waals surface area (Å²) in [7, 11) is 1.50. The fourth-order valence-corrected chi connectivity index (χ4v) is 8.79. The van der Waals surface area contributed by atoms with Gasteiger partial charge in [0.05, 0.1) is 18.7 Å². The summed E-state index contributed by atoms with van der Waals surface area (Å²) in [6, 6.07) is 26.6. The van der Waals surface area contributed by atoms with Gasteiger partial charge in [-0.05, 0) is 85.5 Å². The number of nitrogens with zero attached hydrogens (tertiary/aromatic N) is 3. The first kappa shape index (κ1) is 54.1. The Labute approximate surface area is 421 Å². The second-order valence-electron chi connectivity index (χ2n) is 18.2. The number of ether oxygens (including phenoxy) is 3. The number of nitrogens with one attached hydrogen (secondary N) is 1. The fourth-order valence-electron chi connectivity index (χ4n) is 8.79. The smallest absolute Gasteiger partial charge is 0.226 e. The molecule has 1 aromatic heterocycles. The molecule has 0 unspecified atom stereocenters. The van der Waals surface area contributed by atoms with Crippen LogP contribution in [0.5, 0.6) is 17.2 Å². The average molecular weight is 982 g/mol. The fraction of sp³-hybridized carbons (Fsp3) is 0.411. The lowest BCUT2D eigenvalue weighted by Crippen LogP contribution is -2.46. The summed E-state index contributed by atoms with van der Waals surface area (Å²) in [5.74, 6) is -1.75. The minimum atomic E-state index is -1.24. The van der Waals surface area contributed by atoms with Crippen LogP contribution in [0.15, 0.2) is 95.5 Å². The second kappa shape index (κ2) is 26.9. The van der Waals surface area contributed by atoms with E-state index in [9.17, 15) is 29.2 Å². The molecule has 6 rings (SSSR count). The molecule has 0 radical (unpaired) electrons. The van der Waals surface area contributed by atoms with Gasteiger partial charge in [-0.1, -0.05) is 74.7 Å². The monoisotopic (exact) mass is 982 g/mol. The van der Waals surface area contributed by atoms with Gasteiger partial charge >= 0.3 is 0 Å². The van der Waals surface area contributed by atoms with Crippen LogP contribution in [0.1, 0.15) is 99.2 Å². The Morgan fingerprint density at radius 1 is 0.819 bits per heavy atom. The quantitative estimate of drug-likeness (QED) is 0.0344. The van der Waals surface area contributed by atoms with E-state index in [-0.39, 0.29) is 82.9 Å². The Morgan fingerprint density at radius 2 is 1.50 bits per heavy atom. The number of ketones is 3. The summed E-state index contributed by atoms with van der Waals surface area (Å²) >= 11 is 0. The van der Waals surface area contributed by atoms with Crippen molar-refractivity contribution in [3.63, 3.8) is 0 Å². The van der Waals surface area contributed by atoms with E-state index in [1.54, 1.807) is 61.5 Å². The molecular formula is C56H67N7O9. The Balaban J connectivity index is 1.27. The van der Waals surface area contributed by atoms with Crippen molar-refractivity contribution < 1.29 is 42.7 Å². The normalized spacial score (nSPS) is 16.2. The number of Topliss-reactive ketones (excluding diaryl/α,β-unsaturated/α-hetero) is 3. The number of rotatable bonds is 24. The Morgan fingerprint density at radius 3 is 2.17 bits per heavy atom. The zero-order valence-corrected chi connectivity index (χ0v) is 41.5. The number of benzene rings is 4. The molecule has 16 nitrogen and oxygen atoms in total. The maximum absolute atomic E-state index is 14.8. The van der Waals surface area contributed by atoms with E-state index < -0.39 is 41.5 Å². The molecule has 0 saturated heterocycles. The molecule has 4 bridgehead atoms. The van der Waals surface area contributed by atoms with Crippen LogP contribution in [0.4, 0.5) is 0 Å². The number of hydrogen-bond donors (Lipinski definition) is 4. The molecule has 380 valence electrons. The molecule has 4 aromatic carbocycles. The largest absolute Gasteiger partial charge is 0.494 e. The molecule has 2 amide bonds. The minimum absolute atomic E-state index is 0.0343. The summed E-state index contributed by atoms with van der Waals surface area (Å²) in [5, 5.41) is 16.4. The maximum Gasteiger partial charge on any atom is 0.226 e. The average Bonchev–Trinajstić information content (AvgIpc) is 3.89. The van der Waals surface area contributed by atoms with Gasteiger partial charge < -0.3 is 46.2 Å². The molecule has 16 heteroatoms. The summed E-state index contributed by atoms with van der Waals surface area (Å²) in [6.07, 6.45) is 4.14. The number of nitrogens with two attached hydrogens (primary N) is 3. The van der Waals surface area contributed by atoms with Crippen LogP contribution >= 0.6 is 0 Å². The standard InChI is InChI=1S/C56H67N7O9/c1-4-5-6-7-27-69-43-18-15-40(16-19-43)53-35-46(62-72-53)38-11-13-39(14-12-38)49(65)34-42(22-24-58)56(68)63(3)54-41-17-21-52(71-29-26-60)45(33-41)44-31-37(10-20-51(44)70-28-25-59)32-47(48(64)9-8-23-57)61-55(67)36(2)30-50(54)66/h10-21,31,33,35-36,42,47,54H,4-9,22,24-30,32,34,58-60H2,1-3H3,(H,61,67)/t36-,42-,47+,54+/m1/s1. The third kappa shape index (κ3) is 14.2. The molecule has 4 atom stereocenters. The van der Waals surface area contributed by atoms with Gasteiger partial charge in [-0.25, -0.2) is 0 Å². The first-order valence-electron chi connectivity index (χ1n) is 24.9. The highest BCUT2D eigenvalue weighted by molar-refractivity contribution is 6.00. The van der Waals surface area contributed by atoms with E-state index in [0.717, 1.165) is 29.7 Å². The Bertz CT molecular complexity index is 2680. The number of nitriles is 1. The van der Waals surface area contributed by atoms with E-state index in [2.05, 4.69) is 17.4 Å². The number of carbonyl (C=O) groups excluding carboxylic acids is 5. The molecule has 0 spiro atoms. The predicted octanol–water partition coefficient (Wildman–Crippen LogP) is 7.56. The van der Waals surface area contributed by atoms with Crippen LogP contribution in [0.2, 0.25) is 0 Å². The number of aromatic nitrogens is 1. The maximum atomic E-state index is 14.8. The summed E-state index contributed by atoms with van der Waals surface area (Å²) in [6.45, 7) is 5.27. The van der Waals surface area contributed by atoms with Gasteiger partial charge in [0.15, 0.2) is 23.1 Å². The second-order valence-corrected chi connectivity index (χ2v) is 18.2. The van der Waals surface area contributed by atoms with Crippen molar-refractivity contribution in [2.45, 2.75) is 90.1 Å². The number of fused-ring (bicyclic) bond motifs is 5. The van der Waals surface area contributed by atoms with Gasteiger partial charge in [-0.15, -0.1) is 0 Å². The highest BCUT2D eigenvalue weighted by Gasteiger charge is 2.36. The van der Waals surface area contributed by atoms with Crippen LogP contribution < -0.4 is 36.7 Å². The first-order chi connectivity index (χ1) is 34.9. The number of amides is 2. The van der Waals surface area contributed by atoms with E-state index in [1.807, 2.05) is 42.5 Å². The van der Waals surface area contributed by atoms with E-state index in [0.29, 0.717) is 57.4 Å². The molecule has 72 heavy (non-hydrogen) atoms. The van der Waals surface area contributed by atoms with Crippen molar-refractivity contribution >= 4 is 29.2 Å². The first-order valence-corrected chi connectivity index (χ1v) is 24.9. The van der Waals surface area contributed by atoms with Crippen LogP contribution in [-0.2, 0) is 25.6 Å². The van der Waals surface area contributed by atoms with Crippen molar-refractivity contribution in [3.05, 3.63) is 108 Å². The molecule has 1 aliphatic rings. The van der Waals surface area contributed by atoms with Gasteiger partial charge in [-0.3, -0.25) is 24.0 Å². The minimum Gasteiger partial charge on any atom is -0.494 e. The molecule has 2 heterocycles. The van der Waals surface area contributed by atoms with Crippen molar-refractivity contribution in [2.24, 2.45) is 29.0 Å². The van der Waals surface area contributed by atoms with Crippen LogP contribution in [0.3, 0.4) is 0 Å².